The van der Waals surface area contributed by atoms with E-state index in [1.54, 1.807) is 23.2 Å². The minimum atomic E-state index is -3.56. The molecule has 7 nitrogen and oxygen atoms in total. The van der Waals surface area contributed by atoms with Crippen LogP contribution in [0.3, 0.4) is 0 Å². The second kappa shape index (κ2) is 7.52. The Bertz CT molecular complexity index is 970. The number of nitrogens with zero attached hydrogens (tertiary/aromatic N) is 3. The molecule has 28 heavy (non-hydrogen) atoms. The van der Waals surface area contributed by atoms with Gasteiger partial charge in [0.15, 0.2) is 0 Å². The third-order valence-electron chi connectivity index (χ3n) is 5.32. The topological polar surface area (TPSA) is 79.8 Å². The Morgan fingerprint density at radius 3 is 2.68 bits per heavy atom. The number of sulfonamides is 1. The van der Waals surface area contributed by atoms with Crippen molar-refractivity contribution in [1.82, 2.24) is 9.29 Å². The van der Waals surface area contributed by atoms with E-state index in [0.717, 1.165) is 17.0 Å². The van der Waals surface area contributed by atoms with Crippen LogP contribution in [0.2, 0.25) is 0 Å². The lowest BCUT2D eigenvalue weighted by Crippen LogP contribution is -2.46. The van der Waals surface area contributed by atoms with Crippen LogP contribution in [0, 0.1) is 12.8 Å². The molecule has 0 saturated carbocycles. The number of pyridine rings is 1. The summed E-state index contributed by atoms with van der Waals surface area (Å²) in [6.45, 7) is 3.64. The predicted molar refractivity (Wildman–Crippen MR) is 105 cm³/mol. The summed E-state index contributed by atoms with van der Waals surface area (Å²) in [6.07, 6.45) is 3.93. The number of ether oxygens (including phenoxy) is 1. The van der Waals surface area contributed by atoms with Gasteiger partial charge in [-0.3, -0.25) is 9.78 Å². The Labute approximate surface area is 165 Å². The van der Waals surface area contributed by atoms with E-state index in [2.05, 4.69) is 4.98 Å². The molecule has 1 aromatic carbocycles. The molecule has 0 aliphatic carbocycles. The van der Waals surface area contributed by atoms with Crippen LogP contribution in [-0.2, 0) is 14.8 Å². The maximum atomic E-state index is 13.1. The minimum absolute atomic E-state index is 0.0496. The maximum absolute atomic E-state index is 13.1. The number of carbonyl (C=O) groups excluding carboxylic acids is 1. The molecular formula is C20H23N3O4S. The van der Waals surface area contributed by atoms with Crippen molar-refractivity contribution in [2.24, 2.45) is 5.92 Å². The Hall–Kier alpha value is -2.45. The summed E-state index contributed by atoms with van der Waals surface area (Å²) in [6, 6.07) is 8.99. The van der Waals surface area contributed by atoms with Crippen molar-refractivity contribution in [3.63, 3.8) is 0 Å². The summed E-state index contributed by atoms with van der Waals surface area (Å²) in [5.74, 6) is 0.585. The molecular weight excluding hydrogens is 378 g/mol. The zero-order chi connectivity index (χ0) is 19.7. The summed E-state index contributed by atoms with van der Waals surface area (Å²) >= 11 is 0. The molecule has 0 unspecified atom stereocenters. The monoisotopic (exact) mass is 401 g/mol. The number of aromatic nitrogens is 1. The number of aryl methyl sites for hydroxylation is 1. The van der Waals surface area contributed by atoms with Crippen LogP contribution >= 0.6 is 0 Å². The van der Waals surface area contributed by atoms with Gasteiger partial charge < -0.3 is 9.64 Å². The summed E-state index contributed by atoms with van der Waals surface area (Å²) in [5.41, 5.74) is 1.88. The summed E-state index contributed by atoms with van der Waals surface area (Å²) in [4.78, 5) is 19.0. The number of benzene rings is 1. The molecule has 1 saturated heterocycles. The van der Waals surface area contributed by atoms with Gasteiger partial charge in [-0.15, -0.1) is 0 Å². The number of fused-ring (bicyclic) bond motifs is 1. The Morgan fingerprint density at radius 1 is 1.18 bits per heavy atom. The highest BCUT2D eigenvalue weighted by Gasteiger charge is 2.35. The molecule has 2 aliphatic heterocycles. The van der Waals surface area contributed by atoms with Crippen molar-refractivity contribution in [3.05, 3.63) is 48.3 Å². The van der Waals surface area contributed by atoms with E-state index in [1.165, 1.54) is 10.5 Å². The summed E-state index contributed by atoms with van der Waals surface area (Å²) in [5, 5.41) is 0. The SMILES string of the molecule is Cc1ccc2c(c1)N(C(=O)C1CCN(S(=O)(=O)c3cccnc3)CC1)CCO2. The van der Waals surface area contributed by atoms with Crippen LogP contribution in [0.25, 0.3) is 0 Å². The minimum Gasteiger partial charge on any atom is -0.490 e. The van der Waals surface area contributed by atoms with Crippen molar-refractivity contribution < 1.29 is 17.9 Å². The molecule has 8 heteroatoms. The quantitative estimate of drug-likeness (QED) is 0.788. The molecule has 148 valence electrons. The van der Waals surface area contributed by atoms with E-state index in [0.29, 0.717) is 39.1 Å². The highest BCUT2D eigenvalue weighted by Crippen LogP contribution is 2.35. The molecule has 1 fully saturated rings. The lowest BCUT2D eigenvalue weighted by Gasteiger charge is -2.36. The molecule has 1 amide bonds. The fourth-order valence-electron chi connectivity index (χ4n) is 3.77. The number of hydrogen-bond acceptors (Lipinski definition) is 5. The number of carbonyl (C=O) groups is 1. The molecule has 4 rings (SSSR count). The fraction of sp³-hybridized carbons (Fsp3) is 0.400. The number of hydrogen-bond donors (Lipinski definition) is 0. The number of piperidine rings is 1. The third-order valence-corrected chi connectivity index (χ3v) is 7.20. The average molecular weight is 401 g/mol. The normalized spacial score (nSPS) is 18.4. The molecule has 3 heterocycles. The number of amides is 1. The first-order valence-corrected chi connectivity index (χ1v) is 10.9. The predicted octanol–water partition coefficient (Wildman–Crippen LogP) is 2.22. The van der Waals surface area contributed by atoms with Crippen LogP contribution < -0.4 is 9.64 Å². The molecule has 0 N–H and O–H groups in total. The van der Waals surface area contributed by atoms with E-state index < -0.39 is 10.0 Å². The van der Waals surface area contributed by atoms with Crippen LogP contribution in [0.4, 0.5) is 5.69 Å². The summed E-state index contributed by atoms with van der Waals surface area (Å²) < 4.78 is 32.6. The lowest BCUT2D eigenvalue weighted by molar-refractivity contribution is -0.123. The molecule has 0 spiro atoms. The molecule has 2 aromatic rings. The Kier molecular flexibility index (Phi) is 5.07. The number of rotatable bonds is 3. The third kappa shape index (κ3) is 3.49. The molecule has 0 bridgehead atoms. The van der Waals surface area contributed by atoms with Gasteiger partial charge in [0.2, 0.25) is 15.9 Å². The van der Waals surface area contributed by atoms with Gasteiger partial charge in [-0.2, -0.15) is 4.31 Å². The Balaban J connectivity index is 1.46. The molecule has 0 radical (unpaired) electrons. The van der Waals surface area contributed by atoms with E-state index in [9.17, 15) is 13.2 Å². The van der Waals surface area contributed by atoms with Crippen molar-refractivity contribution in [2.75, 3.05) is 31.1 Å². The smallest absolute Gasteiger partial charge is 0.244 e. The second-order valence-corrected chi connectivity index (χ2v) is 9.11. The highest BCUT2D eigenvalue weighted by atomic mass is 32.2. The van der Waals surface area contributed by atoms with Crippen LogP contribution in [0.15, 0.2) is 47.6 Å². The van der Waals surface area contributed by atoms with Gasteiger partial charge in [0.25, 0.3) is 0 Å². The highest BCUT2D eigenvalue weighted by molar-refractivity contribution is 7.89. The van der Waals surface area contributed by atoms with Crippen molar-refractivity contribution in [2.45, 2.75) is 24.7 Å². The lowest BCUT2D eigenvalue weighted by atomic mass is 9.96. The van der Waals surface area contributed by atoms with E-state index in [4.69, 9.17) is 4.74 Å². The molecule has 2 aliphatic rings. The Morgan fingerprint density at radius 2 is 1.96 bits per heavy atom. The van der Waals surface area contributed by atoms with Crippen LogP contribution in [0.1, 0.15) is 18.4 Å². The standard InChI is InChI=1S/C20H23N3O4S/c1-15-4-5-19-18(13-15)23(11-12-27-19)20(24)16-6-9-22(10-7-16)28(25,26)17-3-2-8-21-14-17/h2-5,8,13-14,16H,6-7,9-12H2,1H3. The maximum Gasteiger partial charge on any atom is 0.244 e. The zero-order valence-corrected chi connectivity index (χ0v) is 16.6. The average Bonchev–Trinajstić information content (AvgIpc) is 2.73. The van der Waals surface area contributed by atoms with Gasteiger partial charge in [0.05, 0.1) is 12.2 Å². The molecule has 1 aromatic heterocycles. The van der Waals surface area contributed by atoms with Gasteiger partial charge in [0.1, 0.15) is 17.3 Å². The van der Waals surface area contributed by atoms with Crippen molar-refractivity contribution in [3.8, 4) is 5.75 Å². The first-order valence-electron chi connectivity index (χ1n) is 9.42. The van der Waals surface area contributed by atoms with Crippen LogP contribution in [0.5, 0.6) is 5.75 Å². The number of anilines is 1. The van der Waals surface area contributed by atoms with Crippen molar-refractivity contribution in [1.29, 1.82) is 0 Å². The second-order valence-electron chi connectivity index (χ2n) is 7.18. The first kappa shape index (κ1) is 18.9. The largest absolute Gasteiger partial charge is 0.490 e. The van der Waals surface area contributed by atoms with Gasteiger partial charge in [-0.25, -0.2) is 8.42 Å². The van der Waals surface area contributed by atoms with Crippen LogP contribution in [-0.4, -0.2) is 49.9 Å². The van der Waals surface area contributed by atoms with E-state index in [-0.39, 0.29) is 16.7 Å². The van der Waals surface area contributed by atoms with E-state index >= 15 is 0 Å². The van der Waals surface area contributed by atoms with Gasteiger partial charge >= 0.3 is 0 Å². The summed E-state index contributed by atoms with van der Waals surface area (Å²) in [7, 11) is -3.56. The van der Waals surface area contributed by atoms with Gasteiger partial charge in [-0.1, -0.05) is 6.07 Å². The first-order chi connectivity index (χ1) is 13.5. The zero-order valence-electron chi connectivity index (χ0n) is 15.7. The van der Waals surface area contributed by atoms with Gasteiger partial charge in [-0.05, 0) is 49.6 Å². The van der Waals surface area contributed by atoms with E-state index in [1.807, 2.05) is 25.1 Å². The molecule has 0 atom stereocenters. The van der Waals surface area contributed by atoms with Crippen molar-refractivity contribution >= 4 is 21.6 Å². The fourth-order valence-corrected chi connectivity index (χ4v) is 5.20. The van der Waals surface area contributed by atoms with Gasteiger partial charge in [0, 0.05) is 31.4 Å².